The highest BCUT2D eigenvalue weighted by molar-refractivity contribution is 5.95. The largest absolute Gasteiger partial charge is 0.299 e. The lowest BCUT2D eigenvalue weighted by atomic mass is 9.88. The van der Waals surface area contributed by atoms with Gasteiger partial charge >= 0.3 is 0 Å². The van der Waals surface area contributed by atoms with Gasteiger partial charge in [0.1, 0.15) is 0 Å². The first-order valence-electron chi connectivity index (χ1n) is 5.82. The lowest BCUT2D eigenvalue weighted by Gasteiger charge is -2.20. The maximum atomic E-state index is 11.8. The summed E-state index contributed by atoms with van der Waals surface area (Å²) in [6, 6.07) is 0. The molecule has 1 rings (SSSR count). The molecule has 0 bridgehead atoms. The zero-order valence-corrected chi connectivity index (χ0v) is 10.3. The Balaban J connectivity index is 2.36. The molecule has 0 saturated carbocycles. The van der Waals surface area contributed by atoms with Crippen LogP contribution in [0.15, 0.2) is 12.2 Å². The average Bonchev–Trinajstić information content (AvgIpc) is 2.53. The monoisotopic (exact) mass is 209 g/mol. The SMILES string of the molecule is C=C(CN1CCCC1)C(=O)CC(C)(C)C. The number of carbonyl (C=O) groups is 1. The normalized spacial score (nSPS) is 18.1. The van der Waals surface area contributed by atoms with Gasteiger partial charge in [0.2, 0.25) is 0 Å². The van der Waals surface area contributed by atoms with Crippen LogP contribution in [0.1, 0.15) is 40.0 Å². The van der Waals surface area contributed by atoms with Crippen LogP contribution >= 0.6 is 0 Å². The van der Waals surface area contributed by atoms with Crippen molar-refractivity contribution in [1.29, 1.82) is 0 Å². The molecule has 0 unspecified atom stereocenters. The van der Waals surface area contributed by atoms with Gasteiger partial charge in [-0.2, -0.15) is 0 Å². The van der Waals surface area contributed by atoms with E-state index in [0.29, 0.717) is 6.42 Å². The Labute approximate surface area is 93.3 Å². The van der Waals surface area contributed by atoms with Crippen LogP contribution in [-0.2, 0) is 4.79 Å². The topological polar surface area (TPSA) is 20.3 Å². The van der Waals surface area contributed by atoms with E-state index in [1.54, 1.807) is 0 Å². The summed E-state index contributed by atoms with van der Waals surface area (Å²) in [5.41, 5.74) is 0.859. The van der Waals surface area contributed by atoms with Gasteiger partial charge in [-0.1, -0.05) is 27.4 Å². The van der Waals surface area contributed by atoms with Gasteiger partial charge in [0.25, 0.3) is 0 Å². The minimum Gasteiger partial charge on any atom is -0.299 e. The van der Waals surface area contributed by atoms with Crippen molar-refractivity contribution >= 4 is 5.78 Å². The Morgan fingerprint density at radius 2 is 1.80 bits per heavy atom. The van der Waals surface area contributed by atoms with Gasteiger partial charge in [-0.25, -0.2) is 0 Å². The Hall–Kier alpha value is -0.630. The van der Waals surface area contributed by atoms with Crippen molar-refractivity contribution in [1.82, 2.24) is 4.90 Å². The second kappa shape index (κ2) is 4.93. The lowest BCUT2D eigenvalue weighted by Crippen LogP contribution is -2.26. The molecule has 1 heterocycles. The van der Waals surface area contributed by atoms with Crippen LogP contribution in [0, 0.1) is 5.41 Å². The zero-order chi connectivity index (χ0) is 11.5. The summed E-state index contributed by atoms with van der Waals surface area (Å²) in [4.78, 5) is 14.1. The molecular formula is C13H23NO. The third-order valence-electron chi connectivity index (χ3n) is 2.70. The number of rotatable bonds is 4. The molecule has 0 aromatic heterocycles. The minimum absolute atomic E-state index is 0.0744. The molecule has 0 N–H and O–H groups in total. The first kappa shape index (κ1) is 12.4. The van der Waals surface area contributed by atoms with E-state index in [9.17, 15) is 4.79 Å². The number of likely N-dealkylation sites (tertiary alicyclic amines) is 1. The predicted molar refractivity (Wildman–Crippen MR) is 63.9 cm³/mol. The number of hydrogen-bond donors (Lipinski definition) is 0. The molecule has 1 fully saturated rings. The standard InChI is InChI=1S/C13H23NO/c1-11(10-14-7-5-6-8-14)12(15)9-13(2,3)4/h1,5-10H2,2-4H3. The van der Waals surface area contributed by atoms with Crippen molar-refractivity contribution in [3.05, 3.63) is 12.2 Å². The number of hydrogen-bond acceptors (Lipinski definition) is 2. The number of nitrogens with zero attached hydrogens (tertiary/aromatic N) is 1. The predicted octanol–water partition coefficient (Wildman–Crippen LogP) is 2.64. The maximum absolute atomic E-state index is 11.8. The van der Waals surface area contributed by atoms with E-state index in [0.717, 1.165) is 25.2 Å². The van der Waals surface area contributed by atoms with Crippen LogP contribution in [0.25, 0.3) is 0 Å². The molecule has 0 amide bonds. The van der Waals surface area contributed by atoms with Crippen LogP contribution in [0.5, 0.6) is 0 Å². The van der Waals surface area contributed by atoms with Crippen molar-refractivity contribution in [3.8, 4) is 0 Å². The third kappa shape index (κ3) is 4.61. The average molecular weight is 209 g/mol. The Kier molecular flexibility index (Phi) is 4.09. The molecule has 1 aliphatic rings. The van der Waals surface area contributed by atoms with Gasteiger partial charge in [0, 0.05) is 18.5 Å². The highest BCUT2D eigenvalue weighted by atomic mass is 16.1. The summed E-state index contributed by atoms with van der Waals surface area (Å²) < 4.78 is 0. The van der Waals surface area contributed by atoms with E-state index in [1.807, 2.05) is 0 Å². The molecule has 0 aliphatic carbocycles. The second-order valence-corrected chi connectivity index (χ2v) is 5.75. The van der Waals surface area contributed by atoms with E-state index in [2.05, 4.69) is 32.3 Å². The fourth-order valence-corrected chi connectivity index (χ4v) is 1.91. The molecule has 1 aliphatic heterocycles. The van der Waals surface area contributed by atoms with Crippen molar-refractivity contribution < 1.29 is 4.79 Å². The van der Waals surface area contributed by atoms with E-state index in [4.69, 9.17) is 0 Å². The zero-order valence-electron chi connectivity index (χ0n) is 10.3. The first-order valence-corrected chi connectivity index (χ1v) is 5.82. The summed E-state index contributed by atoms with van der Waals surface area (Å²) >= 11 is 0. The fraction of sp³-hybridized carbons (Fsp3) is 0.769. The molecule has 0 radical (unpaired) electrons. The van der Waals surface area contributed by atoms with Crippen LogP contribution in [0.4, 0.5) is 0 Å². The van der Waals surface area contributed by atoms with E-state index in [-0.39, 0.29) is 11.2 Å². The number of ketones is 1. The summed E-state index contributed by atoms with van der Waals surface area (Å²) in [7, 11) is 0. The molecule has 0 aromatic carbocycles. The van der Waals surface area contributed by atoms with E-state index in [1.165, 1.54) is 12.8 Å². The summed E-state index contributed by atoms with van der Waals surface area (Å²) in [5, 5.41) is 0. The summed E-state index contributed by atoms with van der Waals surface area (Å²) in [5.74, 6) is 0.231. The van der Waals surface area contributed by atoms with Crippen LogP contribution in [-0.4, -0.2) is 30.3 Å². The second-order valence-electron chi connectivity index (χ2n) is 5.75. The Bertz CT molecular complexity index is 244. The smallest absolute Gasteiger partial charge is 0.160 e. The number of carbonyl (C=O) groups excluding carboxylic acids is 1. The van der Waals surface area contributed by atoms with Crippen LogP contribution in [0.2, 0.25) is 0 Å². The third-order valence-corrected chi connectivity index (χ3v) is 2.70. The molecule has 1 saturated heterocycles. The lowest BCUT2D eigenvalue weighted by molar-refractivity contribution is -0.117. The van der Waals surface area contributed by atoms with Gasteiger partial charge in [-0.3, -0.25) is 9.69 Å². The molecule has 86 valence electrons. The molecular weight excluding hydrogens is 186 g/mol. The van der Waals surface area contributed by atoms with Crippen molar-refractivity contribution in [2.75, 3.05) is 19.6 Å². The molecule has 15 heavy (non-hydrogen) atoms. The van der Waals surface area contributed by atoms with Gasteiger partial charge in [0.15, 0.2) is 5.78 Å². The van der Waals surface area contributed by atoms with Gasteiger partial charge in [0.05, 0.1) is 0 Å². The molecule has 0 aromatic rings. The highest BCUT2D eigenvalue weighted by Crippen LogP contribution is 2.21. The van der Waals surface area contributed by atoms with Gasteiger partial charge < -0.3 is 0 Å². The van der Waals surface area contributed by atoms with E-state index >= 15 is 0 Å². The summed E-state index contributed by atoms with van der Waals surface area (Å²) in [6.07, 6.45) is 3.14. The minimum atomic E-state index is 0.0744. The number of Topliss-reactive ketones (excluding diaryl/α,β-unsaturated/α-hetero) is 1. The van der Waals surface area contributed by atoms with Crippen LogP contribution < -0.4 is 0 Å². The van der Waals surface area contributed by atoms with E-state index < -0.39 is 0 Å². The maximum Gasteiger partial charge on any atom is 0.160 e. The van der Waals surface area contributed by atoms with Gasteiger partial charge in [-0.05, 0) is 31.3 Å². The van der Waals surface area contributed by atoms with Gasteiger partial charge in [-0.15, -0.1) is 0 Å². The van der Waals surface area contributed by atoms with Crippen LogP contribution in [0.3, 0.4) is 0 Å². The van der Waals surface area contributed by atoms with Crippen molar-refractivity contribution in [2.24, 2.45) is 5.41 Å². The highest BCUT2D eigenvalue weighted by Gasteiger charge is 2.20. The molecule has 2 heteroatoms. The summed E-state index contributed by atoms with van der Waals surface area (Å²) in [6.45, 7) is 13.2. The van der Waals surface area contributed by atoms with Crippen molar-refractivity contribution in [3.63, 3.8) is 0 Å². The fourth-order valence-electron chi connectivity index (χ4n) is 1.91. The molecule has 2 nitrogen and oxygen atoms in total. The molecule has 0 atom stereocenters. The first-order chi connectivity index (χ1) is 6.88. The quantitative estimate of drug-likeness (QED) is 0.663. The Morgan fingerprint density at radius 1 is 1.27 bits per heavy atom. The Morgan fingerprint density at radius 3 is 2.27 bits per heavy atom. The van der Waals surface area contributed by atoms with Crippen molar-refractivity contribution in [2.45, 2.75) is 40.0 Å². The molecule has 0 spiro atoms.